The predicted molar refractivity (Wildman–Crippen MR) is 161 cm³/mol. The second-order valence-electron chi connectivity index (χ2n) is 11.2. The summed E-state index contributed by atoms with van der Waals surface area (Å²) in [6, 6.07) is 0. The summed E-state index contributed by atoms with van der Waals surface area (Å²) in [5, 5.41) is 28.5. The van der Waals surface area contributed by atoms with Gasteiger partial charge in [-0.2, -0.15) is 0 Å². The highest BCUT2D eigenvalue weighted by Gasteiger charge is 2.18. The van der Waals surface area contributed by atoms with E-state index in [1.807, 2.05) is 42.3 Å². The van der Waals surface area contributed by atoms with Crippen LogP contribution in [0, 0.1) is 0 Å². The van der Waals surface area contributed by atoms with Gasteiger partial charge in [0.2, 0.25) is 0 Å². The first-order valence-electron chi connectivity index (χ1n) is 12.8. The van der Waals surface area contributed by atoms with Crippen LogP contribution in [0.2, 0.25) is 0 Å². The van der Waals surface area contributed by atoms with Crippen molar-refractivity contribution in [2.75, 3.05) is 75.2 Å². The topological polar surface area (TPSA) is 159 Å². The third kappa shape index (κ3) is 43.3. The van der Waals surface area contributed by atoms with Gasteiger partial charge in [-0.1, -0.05) is 39.0 Å². The molecule has 0 saturated heterocycles. The summed E-state index contributed by atoms with van der Waals surface area (Å²) in [5.74, 6) is -2.50. The van der Waals surface area contributed by atoms with E-state index < -0.39 is 36.1 Å². The summed E-state index contributed by atoms with van der Waals surface area (Å²) in [7, 11) is 11.8. The summed E-state index contributed by atoms with van der Waals surface area (Å²) < 4.78 is 15.4. The summed E-state index contributed by atoms with van der Waals surface area (Å²) in [6.07, 6.45) is 1.36. The Morgan fingerprint density at radius 3 is 1.21 bits per heavy atom. The number of quaternary nitrogens is 2. The van der Waals surface area contributed by atoms with Crippen LogP contribution in [0.1, 0.15) is 20.8 Å². The maximum absolute atomic E-state index is 11.0. The van der Waals surface area contributed by atoms with Gasteiger partial charge in [0.15, 0.2) is 0 Å². The largest absolute Gasteiger partial charge is 1.00 e. The number of aliphatic hydroxyl groups is 2. The fourth-order valence-electron chi connectivity index (χ4n) is 2.16. The van der Waals surface area contributed by atoms with Gasteiger partial charge in [0.1, 0.15) is 45.1 Å². The lowest BCUT2D eigenvalue weighted by Gasteiger charge is -2.26. The number of ether oxygens (including phenoxy) is 3. The molecule has 0 saturated carbocycles. The Bertz CT molecular complexity index is 859. The fraction of sp³-hybridized carbons (Fsp3) is 0.533. The van der Waals surface area contributed by atoms with Crippen molar-refractivity contribution in [3.63, 3.8) is 0 Å². The lowest BCUT2D eigenvalue weighted by molar-refractivity contribution is -0.873. The van der Waals surface area contributed by atoms with Crippen LogP contribution < -0.4 is 17.5 Å². The molecule has 2 unspecified atom stereocenters. The summed E-state index contributed by atoms with van der Waals surface area (Å²) in [4.78, 5) is 41.6. The zero-order valence-electron chi connectivity index (χ0n) is 27.3. The van der Waals surface area contributed by atoms with Crippen molar-refractivity contribution in [1.29, 1.82) is 0 Å². The molecule has 0 aliphatic heterocycles. The van der Waals surface area contributed by atoms with Gasteiger partial charge in [-0.05, 0) is 26.3 Å². The van der Waals surface area contributed by atoms with Crippen molar-refractivity contribution in [2.24, 2.45) is 0 Å². The standard InChI is InChI=1S/2C10H20NO3.C6H8O2.C4H6O2.ClH/c2*1-8(2)10(13)14-7-9(12)6-11(3,4)5;1-3-5-8-6(7)4-2;1-3(2)4(5)6;/h2*9,12H,1,6-7H2,2-5H3;3-4H,1-2,5H2;1H2,2H3,(H,5,6);1H/q2*+1;;;/p-2. The first-order valence-corrected chi connectivity index (χ1v) is 12.8. The number of likely N-dealkylation sites (N-methyl/N-ethyl adjacent to an activating group) is 2. The molecule has 0 amide bonds. The highest BCUT2D eigenvalue weighted by molar-refractivity contribution is 5.87. The van der Waals surface area contributed by atoms with Gasteiger partial charge in [0, 0.05) is 17.2 Å². The summed E-state index contributed by atoms with van der Waals surface area (Å²) in [5.41, 5.74) is 0.764. The molecule has 0 heterocycles. The quantitative estimate of drug-likeness (QED) is 0.0690. The minimum atomic E-state index is -1.19. The fourth-order valence-corrected chi connectivity index (χ4v) is 2.16. The molecular formula is C30H53ClN2O10. The lowest BCUT2D eigenvalue weighted by Crippen LogP contribution is -3.00. The number of carboxylic acid groups (broad SMARTS) is 1. The molecule has 0 fully saturated rings. The normalized spacial score (nSPS) is 11.2. The number of halogens is 1. The van der Waals surface area contributed by atoms with Crippen molar-refractivity contribution in [3.8, 4) is 0 Å². The van der Waals surface area contributed by atoms with E-state index in [1.165, 1.54) is 13.0 Å². The van der Waals surface area contributed by atoms with Gasteiger partial charge in [-0.25, -0.2) is 14.4 Å². The van der Waals surface area contributed by atoms with Crippen LogP contribution in [-0.4, -0.2) is 130 Å². The summed E-state index contributed by atoms with van der Waals surface area (Å²) >= 11 is 0. The van der Waals surface area contributed by atoms with Crippen molar-refractivity contribution in [2.45, 2.75) is 33.0 Å². The third-order valence-electron chi connectivity index (χ3n) is 3.89. The molecule has 0 radical (unpaired) electrons. The van der Waals surface area contributed by atoms with E-state index in [1.54, 1.807) is 13.8 Å². The SMILES string of the molecule is C=C(C)C(=O)OCC(O)C[N+](C)(C)C.C=C(C)C(=O)OCC(O)C[N+](C)(C)C.C=C(C)C(=O)[O-].C=CCOC(=O)C=C.[Cl-]. The number of carbonyl (C=O) groups is 4. The molecule has 0 aliphatic rings. The molecule has 250 valence electrons. The van der Waals surface area contributed by atoms with Crippen molar-refractivity contribution >= 4 is 23.9 Å². The smallest absolute Gasteiger partial charge is 0.333 e. The lowest BCUT2D eigenvalue weighted by atomic mass is 10.3. The number of aliphatic hydroxyl groups excluding tert-OH is 2. The first kappa shape index (κ1) is 49.4. The van der Waals surface area contributed by atoms with E-state index in [9.17, 15) is 34.5 Å². The molecule has 2 atom stereocenters. The number of rotatable bonds is 14. The first-order chi connectivity index (χ1) is 18.9. The molecule has 2 N–H and O–H groups in total. The van der Waals surface area contributed by atoms with Crippen LogP contribution in [0.15, 0.2) is 61.8 Å². The maximum Gasteiger partial charge on any atom is 0.333 e. The Kier molecular flexibility index (Phi) is 30.3. The number of hydrogen-bond acceptors (Lipinski definition) is 10. The Labute approximate surface area is 263 Å². The van der Waals surface area contributed by atoms with Crippen LogP contribution in [0.4, 0.5) is 0 Å². The number of carboxylic acids is 1. The van der Waals surface area contributed by atoms with E-state index in [0.29, 0.717) is 33.2 Å². The Morgan fingerprint density at radius 1 is 0.721 bits per heavy atom. The Morgan fingerprint density at radius 2 is 1.02 bits per heavy atom. The second kappa shape index (κ2) is 26.3. The molecule has 0 aliphatic carbocycles. The molecule has 0 spiro atoms. The average molecular weight is 637 g/mol. The molecule has 0 bridgehead atoms. The zero-order chi connectivity index (χ0) is 34.3. The van der Waals surface area contributed by atoms with Crippen molar-refractivity contribution in [3.05, 3.63) is 61.8 Å². The van der Waals surface area contributed by atoms with Gasteiger partial charge in [-0.15, -0.1) is 0 Å². The van der Waals surface area contributed by atoms with Crippen LogP contribution in [0.25, 0.3) is 0 Å². The van der Waals surface area contributed by atoms with Crippen LogP contribution in [0.3, 0.4) is 0 Å². The molecule has 13 heteroatoms. The number of carbonyl (C=O) groups excluding carboxylic acids is 4. The predicted octanol–water partition coefficient (Wildman–Crippen LogP) is -2.44. The van der Waals surface area contributed by atoms with Crippen LogP contribution in [-0.2, 0) is 33.4 Å². The minimum Gasteiger partial charge on any atom is -1.00 e. The second-order valence-corrected chi connectivity index (χ2v) is 11.2. The summed E-state index contributed by atoms with van der Waals surface area (Å²) in [6.45, 7) is 22.5. The van der Waals surface area contributed by atoms with Crippen LogP contribution in [0.5, 0.6) is 0 Å². The van der Waals surface area contributed by atoms with Gasteiger partial charge in [0.25, 0.3) is 0 Å². The van der Waals surface area contributed by atoms with E-state index in [4.69, 9.17) is 9.47 Å². The van der Waals surface area contributed by atoms with Crippen molar-refractivity contribution < 1.29 is 70.1 Å². The van der Waals surface area contributed by atoms with Gasteiger partial charge >= 0.3 is 17.9 Å². The number of nitrogens with zero attached hydrogens (tertiary/aromatic N) is 2. The average Bonchev–Trinajstić information content (AvgIpc) is 2.83. The molecule has 12 nitrogen and oxygen atoms in total. The van der Waals surface area contributed by atoms with E-state index in [2.05, 4.69) is 37.6 Å². The van der Waals surface area contributed by atoms with E-state index in [-0.39, 0.29) is 37.8 Å². The van der Waals surface area contributed by atoms with Gasteiger partial charge in [0.05, 0.1) is 48.3 Å². The molecular weight excluding hydrogens is 584 g/mol. The number of aliphatic carboxylic acids is 1. The highest BCUT2D eigenvalue weighted by Crippen LogP contribution is 1.99. The Hall–Kier alpha value is -3.29. The highest BCUT2D eigenvalue weighted by atomic mass is 35.5. The third-order valence-corrected chi connectivity index (χ3v) is 3.89. The molecule has 0 aromatic rings. The molecule has 0 aromatic heterocycles. The van der Waals surface area contributed by atoms with E-state index >= 15 is 0 Å². The minimum absolute atomic E-state index is 0. The van der Waals surface area contributed by atoms with Gasteiger partial charge < -0.3 is 55.7 Å². The van der Waals surface area contributed by atoms with Gasteiger partial charge in [-0.3, -0.25) is 0 Å². The van der Waals surface area contributed by atoms with Crippen LogP contribution >= 0.6 is 0 Å². The van der Waals surface area contributed by atoms with E-state index in [0.717, 1.165) is 6.08 Å². The molecule has 0 rings (SSSR count). The zero-order valence-corrected chi connectivity index (χ0v) is 28.1. The monoisotopic (exact) mass is 636 g/mol. The maximum atomic E-state index is 11.0. The Balaban J connectivity index is -0.000000156. The van der Waals surface area contributed by atoms with Crippen molar-refractivity contribution in [1.82, 2.24) is 0 Å². The number of esters is 3. The number of hydrogen-bond donors (Lipinski definition) is 2. The molecule has 0 aromatic carbocycles. The molecule has 43 heavy (non-hydrogen) atoms.